The van der Waals surface area contributed by atoms with Crippen molar-refractivity contribution >= 4 is 24.1 Å². The van der Waals surface area contributed by atoms with Gasteiger partial charge in [-0.25, -0.2) is 15.0 Å². The first-order valence-electron chi connectivity index (χ1n) is 12.0. The molecule has 1 aliphatic rings. The Hall–Kier alpha value is -5.44. The molecule has 1 heterocycles. The number of hydrogen-bond donors (Lipinski definition) is 1. The molecule has 1 aliphatic heterocycles. The molecule has 9 nitrogen and oxygen atoms in total. The van der Waals surface area contributed by atoms with Gasteiger partial charge in [0.15, 0.2) is 23.0 Å². The van der Waals surface area contributed by atoms with E-state index in [0.29, 0.717) is 47.0 Å². The normalized spacial score (nSPS) is 12.0. The number of nitrogens with zero attached hydrogens (tertiary/aromatic N) is 1. The molecule has 0 fully saturated rings. The molecular formula is C30H22N2O7. The molecule has 5 rings (SSSR count). The van der Waals surface area contributed by atoms with Crippen molar-refractivity contribution in [1.82, 2.24) is 5.43 Å². The van der Waals surface area contributed by atoms with Crippen molar-refractivity contribution < 1.29 is 33.3 Å². The van der Waals surface area contributed by atoms with Crippen LogP contribution in [0.15, 0.2) is 102 Å². The molecule has 0 atom stereocenters. The number of hydrazone groups is 1. The van der Waals surface area contributed by atoms with E-state index < -0.39 is 17.8 Å². The number of nitrogens with one attached hydrogen (secondary N) is 1. The standard InChI is InChI=1S/C30H22N2O7/c33-28(23-12-14-24-26(18-23)37-16-15-36-24)32-31-19-20-11-13-25(38-29(34)21-7-3-1-4-8-21)27(17-20)39-30(35)22-9-5-2-6-10-22/h1-14,17-19H,15-16H2,(H,32,33). The maximum atomic E-state index is 12.7. The Labute approximate surface area is 223 Å². The third kappa shape index (κ3) is 6.28. The van der Waals surface area contributed by atoms with E-state index in [1.165, 1.54) is 18.3 Å². The quantitative estimate of drug-likeness (QED) is 0.163. The van der Waals surface area contributed by atoms with Crippen molar-refractivity contribution in [3.8, 4) is 23.0 Å². The summed E-state index contributed by atoms with van der Waals surface area (Å²) in [6, 6.07) is 26.3. The fourth-order valence-electron chi connectivity index (χ4n) is 3.65. The Morgan fingerprint density at radius 2 is 1.28 bits per heavy atom. The molecule has 4 aromatic rings. The molecule has 1 amide bonds. The first-order chi connectivity index (χ1) is 19.1. The molecule has 1 N–H and O–H groups in total. The van der Waals surface area contributed by atoms with Gasteiger partial charge in [0.2, 0.25) is 0 Å². The largest absolute Gasteiger partial charge is 0.486 e. The number of ether oxygens (including phenoxy) is 4. The SMILES string of the molecule is O=C(NN=Cc1ccc(OC(=O)c2ccccc2)c(OC(=O)c2ccccc2)c1)c1ccc2c(c1)OCCO2. The highest BCUT2D eigenvalue weighted by atomic mass is 16.6. The first kappa shape index (κ1) is 25.2. The molecule has 0 spiro atoms. The topological polar surface area (TPSA) is 113 Å². The van der Waals surface area contributed by atoms with Gasteiger partial charge in [-0.15, -0.1) is 0 Å². The van der Waals surface area contributed by atoms with Gasteiger partial charge in [-0.1, -0.05) is 36.4 Å². The lowest BCUT2D eigenvalue weighted by molar-refractivity contribution is 0.0682. The summed E-state index contributed by atoms with van der Waals surface area (Å²) in [5.41, 5.74) is 3.93. The Balaban J connectivity index is 1.33. The van der Waals surface area contributed by atoms with E-state index in [2.05, 4.69) is 10.5 Å². The van der Waals surface area contributed by atoms with Crippen LogP contribution in [0.4, 0.5) is 0 Å². The number of fused-ring (bicyclic) bond motifs is 1. The predicted octanol–water partition coefficient (Wildman–Crippen LogP) is 4.66. The Morgan fingerprint density at radius 1 is 0.667 bits per heavy atom. The monoisotopic (exact) mass is 522 g/mol. The van der Waals surface area contributed by atoms with Crippen LogP contribution in [0.5, 0.6) is 23.0 Å². The average molecular weight is 523 g/mol. The van der Waals surface area contributed by atoms with Gasteiger partial charge in [-0.3, -0.25) is 4.79 Å². The zero-order valence-corrected chi connectivity index (χ0v) is 20.5. The van der Waals surface area contributed by atoms with Gasteiger partial charge >= 0.3 is 11.9 Å². The van der Waals surface area contributed by atoms with Crippen molar-refractivity contribution in [1.29, 1.82) is 0 Å². The van der Waals surface area contributed by atoms with Crippen LogP contribution in [0.1, 0.15) is 36.6 Å². The van der Waals surface area contributed by atoms with E-state index in [1.807, 2.05) is 0 Å². The summed E-state index contributed by atoms with van der Waals surface area (Å²) in [4.78, 5) is 37.9. The van der Waals surface area contributed by atoms with Crippen LogP contribution in [0.2, 0.25) is 0 Å². The molecule has 194 valence electrons. The summed E-state index contributed by atoms with van der Waals surface area (Å²) in [6.45, 7) is 0.861. The van der Waals surface area contributed by atoms with E-state index >= 15 is 0 Å². The Kier molecular flexibility index (Phi) is 7.59. The van der Waals surface area contributed by atoms with Crippen molar-refractivity contribution in [2.75, 3.05) is 13.2 Å². The summed E-state index contributed by atoms with van der Waals surface area (Å²) in [7, 11) is 0. The number of rotatable bonds is 7. The van der Waals surface area contributed by atoms with Gasteiger partial charge in [0.05, 0.1) is 17.3 Å². The number of hydrogen-bond acceptors (Lipinski definition) is 8. The molecule has 0 saturated carbocycles. The van der Waals surface area contributed by atoms with E-state index in [0.717, 1.165) is 0 Å². The van der Waals surface area contributed by atoms with Gasteiger partial charge in [0.1, 0.15) is 13.2 Å². The second kappa shape index (κ2) is 11.7. The third-order valence-corrected chi connectivity index (χ3v) is 5.58. The molecule has 9 heteroatoms. The molecule has 0 saturated heterocycles. The van der Waals surface area contributed by atoms with E-state index in [-0.39, 0.29) is 11.5 Å². The van der Waals surface area contributed by atoms with Gasteiger partial charge < -0.3 is 18.9 Å². The van der Waals surface area contributed by atoms with Crippen LogP contribution in [0.25, 0.3) is 0 Å². The fraction of sp³-hybridized carbons (Fsp3) is 0.0667. The summed E-state index contributed by atoms with van der Waals surface area (Å²) >= 11 is 0. The van der Waals surface area contributed by atoms with Gasteiger partial charge in [-0.2, -0.15) is 5.10 Å². The predicted molar refractivity (Wildman–Crippen MR) is 142 cm³/mol. The number of carbonyl (C=O) groups excluding carboxylic acids is 3. The van der Waals surface area contributed by atoms with Gasteiger partial charge in [0.25, 0.3) is 5.91 Å². The van der Waals surface area contributed by atoms with E-state index in [1.54, 1.807) is 84.9 Å². The van der Waals surface area contributed by atoms with Gasteiger partial charge in [-0.05, 0) is 66.2 Å². The van der Waals surface area contributed by atoms with Crippen LogP contribution in [0, 0.1) is 0 Å². The van der Waals surface area contributed by atoms with Gasteiger partial charge in [0, 0.05) is 5.56 Å². The van der Waals surface area contributed by atoms with Crippen molar-refractivity contribution in [3.63, 3.8) is 0 Å². The molecule has 0 aromatic heterocycles. The maximum absolute atomic E-state index is 12.7. The minimum atomic E-state index is -0.631. The Morgan fingerprint density at radius 3 is 1.95 bits per heavy atom. The zero-order chi connectivity index (χ0) is 27.0. The molecule has 0 radical (unpaired) electrons. The molecule has 0 unspecified atom stereocenters. The summed E-state index contributed by atoms with van der Waals surface area (Å²) in [5.74, 6) is -0.571. The molecule has 0 aliphatic carbocycles. The number of benzene rings is 4. The molecule has 4 aromatic carbocycles. The minimum absolute atomic E-state index is 0.00949. The smallest absolute Gasteiger partial charge is 0.343 e. The number of esters is 2. The van der Waals surface area contributed by atoms with Crippen LogP contribution < -0.4 is 24.4 Å². The number of carbonyl (C=O) groups is 3. The molecular weight excluding hydrogens is 500 g/mol. The minimum Gasteiger partial charge on any atom is -0.486 e. The highest BCUT2D eigenvalue weighted by molar-refractivity contribution is 5.96. The van der Waals surface area contributed by atoms with E-state index in [4.69, 9.17) is 18.9 Å². The fourth-order valence-corrected chi connectivity index (χ4v) is 3.65. The third-order valence-electron chi connectivity index (χ3n) is 5.58. The summed E-state index contributed by atoms with van der Waals surface area (Å²) in [6.07, 6.45) is 1.37. The lowest BCUT2D eigenvalue weighted by Crippen LogP contribution is -2.19. The number of amides is 1. The summed E-state index contributed by atoms with van der Waals surface area (Å²) < 4.78 is 22.1. The highest BCUT2D eigenvalue weighted by Gasteiger charge is 2.17. The maximum Gasteiger partial charge on any atom is 0.343 e. The first-order valence-corrected chi connectivity index (χ1v) is 12.0. The second-order valence-corrected chi connectivity index (χ2v) is 8.27. The second-order valence-electron chi connectivity index (χ2n) is 8.27. The lowest BCUT2D eigenvalue weighted by Gasteiger charge is -2.18. The Bertz CT molecular complexity index is 1540. The average Bonchev–Trinajstić information content (AvgIpc) is 2.99. The van der Waals surface area contributed by atoms with Crippen molar-refractivity contribution in [2.45, 2.75) is 0 Å². The lowest BCUT2D eigenvalue weighted by atomic mass is 10.2. The van der Waals surface area contributed by atoms with Crippen LogP contribution in [-0.2, 0) is 0 Å². The molecule has 39 heavy (non-hydrogen) atoms. The zero-order valence-electron chi connectivity index (χ0n) is 20.5. The van der Waals surface area contributed by atoms with Crippen LogP contribution in [0.3, 0.4) is 0 Å². The van der Waals surface area contributed by atoms with Crippen LogP contribution in [-0.4, -0.2) is 37.3 Å². The van der Waals surface area contributed by atoms with Crippen molar-refractivity contribution in [2.24, 2.45) is 5.10 Å². The van der Waals surface area contributed by atoms with E-state index in [9.17, 15) is 14.4 Å². The summed E-state index contributed by atoms with van der Waals surface area (Å²) in [5, 5.41) is 4.00. The highest BCUT2D eigenvalue weighted by Crippen LogP contribution is 2.31. The van der Waals surface area contributed by atoms with Crippen LogP contribution >= 0.6 is 0 Å². The van der Waals surface area contributed by atoms with Crippen molar-refractivity contribution in [3.05, 3.63) is 119 Å². The molecule has 0 bridgehead atoms.